The van der Waals surface area contributed by atoms with Crippen LogP contribution in [0.25, 0.3) is 21.0 Å². The summed E-state index contributed by atoms with van der Waals surface area (Å²) in [7, 11) is 0. The first kappa shape index (κ1) is 59.0. The number of amides is 5. The van der Waals surface area contributed by atoms with Crippen molar-refractivity contribution in [2.45, 2.75) is 56.7 Å². The van der Waals surface area contributed by atoms with E-state index in [0.717, 1.165) is 27.7 Å². The number of urea groups is 1. The Morgan fingerprint density at radius 1 is 0.566 bits per heavy atom. The number of nitrogens with one attached hydrogen (secondary N) is 5. The van der Waals surface area contributed by atoms with E-state index in [-0.39, 0.29) is 121 Å². The summed E-state index contributed by atoms with van der Waals surface area (Å²) in [6, 6.07) is 12.7. The van der Waals surface area contributed by atoms with Gasteiger partial charge in [-0.25, -0.2) is 19.4 Å². The molecule has 3 aromatic carbocycles. The Morgan fingerprint density at radius 2 is 1.11 bits per heavy atom. The minimum absolute atomic E-state index is 0.0517. The van der Waals surface area contributed by atoms with E-state index in [1.165, 1.54) is 6.07 Å². The van der Waals surface area contributed by atoms with Crippen molar-refractivity contribution >= 4 is 97.0 Å². The average Bonchev–Trinajstić information content (AvgIpc) is 3.76. The van der Waals surface area contributed by atoms with Gasteiger partial charge >= 0.3 is 41.8 Å². The molecule has 1 saturated heterocycles. The van der Waals surface area contributed by atoms with Crippen molar-refractivity contribution < 1.29 is 78.6 Å². The Hall–Kier alpha value is -7.85. The van der Waals surface area contributed by atoms with Gasteiger partial charge in [0.25, 0.3) is 5.91 Å². The number of benzene rings is 3. The van der Waals surface area contributed by atoms with Gasteiger partial charge in [-0.2, -0.15) is 0 Å². The van der Waals surface area contributed by atoms with Crippen LogP contribution in [0, 0.1) is 0 Å². The van der Waals surface area contributed by atoms with Gasteiger partial charge in [-0.1, -0.05) is 53.8 Å². The Bertz CT molecular complexity index is 2710. The molecule has 410 valence electrons. The van der Waals surface area contributed by atoms with Gasteiger partial charge in [-0.05, 0) is 60.2 Å². The van der Waals surface area contributed by atoms with Crippen LogP contribution in [-0.4, -0.2) is 218 Å². The van der Waals surface area contributed by atoms with Crippen LogP contribution in [0.15, 0.2) is 60.7 Å². The van der Waals surface area contributed by atoms with Gasteiger partial charge < -0.3 is 57.2 Å². The van der Waals surface area contributed by atoms with Crippen LogP contribution < -0.4 is 26.6 Å². The molecule has 2 heterocycles. The van der Waals surface area contributed by atoms with E-state index in [9.17, 15) is 73.5 Å². The summed E-state index contributed by atoms with van der Waals surface area (Å²) < 4.78 is 0.621. The third-order valence-corrected chi connectivity index (χ3v) is 13.2. The lowest BCUT2D eigenvalue weighted by Crippen LogP contribution is -2.51. The number of nitrogens with zero attached hydrogens (tertiary/aromatic N) is 5. The Balaban J connectivity index is 1.22. The van der Waals surface area contributed by atoms with Gasteiger partial charge in [0, 0.05) is 77.3 Å². The number of anilines is 1. The molecular formula is C49H62N10O16S. The van der Waals surface area contributed by atoms with Crippen LogP contribution in [0.3, 0.4) is 0 Å². The first-order valence-corrected chi connectivity index (χ1v) is 25.1. The second-order valence-corrected chi connectivity index (χ2v) is 19.1. The molecular weight excluding hydrogens is 1020 g/mol. The zero-order valence-electron chi connectivity index (χ0n) is 41.4. The molecule has 5 rings (SSSR count). The van der Waals surface area contributed by atoms with Gasteiger partial charge in [0.15, 0.2) is 5.13 Å². The van der Waals surface area contributed by atoms with E-state index in [4.69, 9.17) is 5.11 Å². The fourth-order valence-electron chi connectivity index (χ4n) is 8.27. The maximum absolute atomic E-state index is 13.9. The summed E-state index contributed by atoms with van der Waals surface area (Å²) in [5.74, 6) is -9.02. The minimum Gasteiger partial charge on any atom is -0.481 e. The molecule has 2 unspecified atom stereocenters. The van der Waals surface area contributed by atoms with Crippen LogP contribution >= 0.6 is 11.3 Å². The average molecular weight is 1080 g/mol. The van der Waals surface area contributed by atoms with Crippen LogP contribution in [0.5, 0.6) is 0 Å². The number of unbranched alkanes of at least 4 members (excludes halogenated alkanes) is 1. The summed E-state index contributed by atoms with van der Waals surface area (Å²) in [5, 5.41) is 71.2. The quantitative estimate of drug-likeness (QED) is 0.0383. The molecule has 1 aliphatic rings. The van der Waals surface area contributed by atoms with Crippen molar-refractivity contribution in [1.29, 1.82) is 0 Å². The SMILES string of the molecule is O=C(O)CCC(NC(=O)NC(CCCCNC(=O)[C@H](Cc1ccc2ccccc2c1)NC(=O)c1ccc2sc(NC(=O)CN3CCN(CC(=O)O)CCN(CC(=O)O)CCN(CC(=O)O)CC3)nc2c1)C(=O)O)C(=O)O. The highest BCUT2D eigenvalue weighted by Gasteiger charge is 2.27. The zero-order valence-corrected chi connectivity index (χ0v) is 42.2. The number of fused-ring (bicyclic) bond motifs is 2. The van der Waals surface area contributed by atoms with Gasteiger partial charge in [0.2, 0.25) is 11.8 Å². The fraction of sp³-hybridized carbons (Fsp3) is 0.449. The molecule has 1 aliphatic heterocycles. The number of hydrogen-bond acceptors (Lipinski definition) is 16. The fourth-order valence-corrected chi connectivity index (χ4v) is 9.13. The van der Waals surface area contributed by atoms with Crippen molar-refractivity contribution in [3.8, 4) is 0 Å². The highest BCUT2D eigenvalue weighted by Crippen LogP contribution is 2.27. The maximum atomic E-state index is 13.9. The first-order valence-electron chi connectivity index (χ1n) is 24.3. The molecule has 0 saturated carbocycles. The molecule has 1 aromatic heterocycles. The molecule has 76 heavy (non-hydrogen) atoms. The van der Waals surface area contributed by atoms with Gasteiger partial charge in [-0.3, -0.25) is 53.2 Å². The number of aliphatic carboxylic acids is 6. The predicted octanol–water partition coefficient (Wildman–Crippen LogP) is 0.561. The first-order chi connectivity index (χ1) is 36.2. The van der Waals surface area contributed by atoms with E-state index in [1.807, 2.05) is 42.5 Å². The van der Waals surface area contributed by atoms with Crippen molar-refractivity contribution in [2.24, 2.45) is 0 Å². The van der Waals surface area contributed by atoms with E-state index in [1.54, 1.807) is 31.7 Å². The summed E-state index contributed by atoms with van der Waals surface area (Å²) in [6.07, 6.45) is -0.552. The number of hydrogen-bond donors (Lipinski definition) is 11. The molecule has 1 fully saturated rings. The Morgan fingerprint density at radius 3 is 1.64 bits per heavy atom. The third-order valence-electron chi connectivity index (χ3n) is 12.2. The minimum atomic E-state index is -1.57. The molecule has 5 amide bonds. The number of aromatic nitrogens is 1. The second-order valence-electron chi connectivity index (χ2n) is 18.1. The van der Waals surface area contributed by atoms with E-state index in [0.29, 0.717) is 10.2 Å². The Kier molecular flexibility index (Phi) is 22.8. The molecule has 0 spiro atoms. The monoisotopic (exact) mass is 1080 g/mol. The van der Waals surface area contributed by atoms with E-state index < -0.39 is 90.5 Å². The number of carboxylic acid groups (broad SMARTS) is 6. The second kappa shape index (κ2) is 29.3. The van der Waals surface area contributed by atoms with Crippen LogP contribution in [0.4, 0.5) is 9.93 Å². The topological polar surface area (TPSA) is 378 Å². The molecule has 27 heteroatoms. The molecule has 3 atom stereocenters. The molecule has 0 radical (unpaired) electrons. The number of rotatable bonds is 26. The van der Waals surface area contributed by atoms with Crippen LogP contribution in [0.1, 0.15) is 48.0 Å². The largest absolute Gasteiger partial charge is 0.481 e. The summed E-state index contributed by atoms with van der Waals surface area (Å²) in [5.41, 5.74) is 1.26. The lowest BCUT2D eigenvalue weighted by Gasteiger charge is -2.32. The standard InChI is InChI=1S/C49H62N10O16S/c60-39(26-56-15-17-57(27-41(63)64)19-21-59(29-43(67)68)22-20-58(18-16-56)28-42(65)66)55-49-54-36-25-33(10-12-38(36)76-49)44(69)51-37(24-30-8-9-31-5-1-2-6-32(31)23-30)45(70)50-14-4-3-7-34(46(71)72)52-48(75)53-35(47(73)74)11-13-40(61)62/h1-2,5-6,8-10,12,23,25,34-35,37H,3-4,7,11,13-22,24,26-29H2,(H,50,70)(H,51,69)(H,61,62)(H,63,64)(H,65,66)(H,67,68)(H,71,72)(H,73,74)(H2,52,53,75)(H,54,55,60)/t34?,35?,37-/m0/s1. The van der Waals surface area contributed by atoms with Crippen LogP contribution in [-0.2, 0) is 44.8 Å². The smallest absolute Gasteiger partial charge is 0.326 e. The highest BCUT2D eigenvalue weighted by molar-refractivity contribution is 7.22. The maximum Gasteiger partial charge on any atom is 0.326 e. The lowest BCUT2D eigenvalue weighted by atomic mass is 10.0. The van der Waals surface area contributed by atoms with Gasteiger partial charge in [-0.15, -0.1) is 0 Å². The normalized spacial score (nSPS) is 15.5. The Labute approximate surface area is 439 Å². The van der Waals surface area contributed by atoms with E-state index >= 15 is 0 Å². The predicted molar refractivity (Wildman–Crippen MR) is 274 cm³/mol. The molecule has 0 aliphatic carbocycles. The summed E-state index contributed by atoms with van der Waals surface area (Å²) >= 11 is 1.15. The number of carbonyl (C=O) groups is 10. The van der Waals surface area contributed by atoms with Crippen molar-refractivity contribution in [3.05, 3.63) is 71.8 Å². The highest BCUT2D eigenvalue weighted by atomic mass is 32.1. The lowest BCUT2D eigenvalue weighted by molar-refractivity contribution is -0.141. The zero-order chi connectivity index (χ0) is 55.3. The summed E-state index contributed by atoms with van der Waals surface area (Å²) in [6.45, 7) is 0.710. The molecule has 11 N–H and O–H groups in total. The molecule has 0 bridgehead atoms. The molecule has 26 nitrogen and oxygen atoms in total. The number of carboxylic acids is 6. The van der Waals surface area contributed by atoms with Crippen LogP contribution in [0.2, 0.25) is 0 Å². The van der Waals surface area contributed by atoms with Crippen molar-refractivity contribution in [2.75, 3.05) is 90.4 Å². The summed E-state index contributed by atoms with van der Waals surface area (Å²) in [4.78, 5) is 134. The molecule has 4 aromatic rings. The van der Waals surface area contributed by atoms with E-state index in [2.05, 4.69) is 31.6 Å². The number of thiazole rings is 1. The van der Waals surface area contributed by atoms with Gasteiger partial charge in [0.05, 0.1) is 36.4 Å². The van der Waals surface area contributed by atoms with Gasteiger partial charge in [0.1, 0.15) is 18.1 Å². The van der Waals surface area contributed by atoms with Crippen molar-refractivity contribution in [3.63, 3.8) is 0 Å². The third kappa shape index (κ3) is 20.1. The number of carbonyl (C=O) groups excluding carboxylic acids is 4. The van der Waals surface area contributed by atoms with Crippen molar-refractivity contribution in [1.82, 2.24) is 45.9 Å².